The third kappa shape index (κ3) is 10.3. The molecule has 1 aromatic heterocycles. The van der Waals surface area contributed by atoms with E-state index in [1.807, 2.05) is 18.2 Å². The molecular formula is C43H56N5O11+. The molecule has 1 aliphatic carbocycles. The molecule has 16 heteroatoms. The molecule has 3 aliphatic rings. The molecule has 3 heterocycles. The average molecular weight is 819 g/mol. The fourth-order valence-corrected chi connectivity index (χ4v) is 7.25. The Morgan fingerprint density at radius 1 is 0.864 bits per heavy atom. The lowest BCUT2D eigenvalue weighted by Gasteiger charge is -2.39. The first kappa shape index (κ1) is 43.8. The van der Waals surface area contributed by atoms with Crippen molar-refractivity contribution in [1.82, 2.24) is 19.6 Å². The largest absolute Gasteiger partial charge is 0.460 e. The minimum absolute atomic E-state index is 0.0617. The first-order chi connectivity index (χ1) is 28.7. The number of aliphatic hydroxyl groups is 4. The summed E-state index contributed by atoms with van der Waals surface area (Å²) in [6.45, 7) is 12.9. The minimum Gasteiger partial charge on any atom is -0.460 e. The molecule has 16 nitrogen and oxygen atoms in total. The van der Waals surface area contributed by atoms with Crippen LogP contribution in [0, 0.1) is 0 Å². The summed E-state index contributed by atoms with van der Waals surface area (Å²) in [5.41, 5.74) is 5.25. The number of esters is 1. The summed E-state index contributed by atoms with van der Waals surface area (Å²) in [4.78, 5) is 15.9. The molecule has 3 aromatic rings. The molecule has 0 saturated carbocycles. The van der Waals surface area contributed by atoms with Crippen molar-refractivity contribution in [2.45, 2.75) is 71.6 Å². The van der Waals surface area contributed by atoms with Gasteiger partial charge in [-0.05, 0) is 57.5 Å². The number of aliphatic hydroxyl groups excluding tert-OH is 4. The Kier molecular flexibility index (Phi) is 15.6. The molecule has 0 amide bonds. The Morgan fingerprint density at radius 2 is 1.61 bits per heavy atom. The van der Waals surface area contributed by atoms with Crippen molar-refractivity contribution in [3.05, 3.63) is 83.5 Å². The summed E-state index contributed by atoms with van der Waals surface area (Å²) < 4.78 is 38.4. The van der Waals surface area contributed by atoms with Gasteiger partial charge in [-0.1, -0.05) is 23.4 Å². The second-order valence-corrected chi connectivity index (χ2v) is 14.1. The number of nitrogens with zero attached hydrogens (tertiary/aromatic N) is 5. The van der Waals surface area contributed by atoms with Gasteiger partial charge < -0.3 is 53.4 Å². The van der Waals surface area contributed by atoms with E-state index in [4.69, 9.17) is 28.1 Å². The lowest BCUT2D eigenvalue weighted by molar-refractivity contribution is -0.304. The zero-order valence-corrected chi connectivity index (χ0v) is 34.1. The quantitative estimate of drug-likeness (QED) is 0.0388. The van der Waals surface area contributed by atoms with Gasteiger partial charge in [-0.15, -0.1) is 5.10 Å². The molecule has 0 bridgehead atoms. The van der Waals surface area contributed by atoms with Crippen LogP contribution in [0.1, 0.15) is 43.7 Å². The molecule has 318 valence electrons. The van der Waals surface area contributed by atoms with E-state index in [9.17, 15) is 25.2 Å². The standard InChI is InChI=1S/C43H56N5O11/c1-5-46(6-2)29-13-15-33-35(23-29)58-36-24-30(47(7-3)8-4)14-16-34(36)38(33)31-11-9-10-12-32(31)42(53)56-22-21-55-20-19-54-18-17-48-25-28(44-45-48)27-57-43-41(52)40(51)39(50)37(26-49)59-43/h9-16,23-25,37,39-41,43,49-52H,5-8,17-22,26-27H2,1-4H3/q+1/t37-,39+,40+,41-,43+/m1/s1. The van der Waals surface area contributed by atoms with E-state index >= 15 is 0 Å². The molecule has 1 fully saturated rings. The van der Waals surface area contributed by atoms with E-state index in [-0.39, 0.29) is 19.8 Å². The van der Waals surface area contributed by atoms with Gasteiger partial charge in [0.1, 0.15) is 61.1 Å². The van der Waals surface area contributed by atoms with Crippen molar-refractivity contribution < 1.29 is 53.3 Å². The van der Waals surface area contributed by atoms with Crippen LogP contribution in [-0.2, 0) is 36.8 Å². The normalized spacial score (nSPS) is 19.4. The second kappa shape index (κ2) is 21.0. The minimum atomic E-state index is -1.53. The molecule has 1 saturated heterocycles. The van der Waals surface area contributed by atoms with Crippen LogP contribution in [0.4, 0.5) is 5.69 Å². The number of aromatic nitrogens is 3. The van der Waals surface area contributed by atoms with E-state index < -0.39 is 43.3 Å². The summed E-state index contributed by atoms with van der Waals surface area (Å²) in [7, 11) is 0. The third-order valence-electron chi connectivity index (χ3n) is 10.5. The Hall–Kier alpha value is -4.78. The highest BCUT2D eigenvalue weighted by Gasteiger charge is 2.44. The van der Waals surface area contributed by atoms with E-state index in [2.05, 4.69) is 83.9 Å². The van der Waals surface area contributed by atoms with Crippen LogP contribution in [0.2, 0.25) is 0 Å². The summed E-state index contributed by atoms with van der Waals surface area (Å²) >= 11 is 0. The zero-order chi connectivity index (χ0) is 41.9. The Bertz CT molecular complexity index is 2160. The van der Waals surface area contributed by atoms with Crippen molar-refractivity contribution in [3.63, 3.8) is 0 Å². The van der Waals surface area contributed by atoms with Gasteiger partial charge >= 0.3 is 5.97 Å². The van der Waals surface area contributed by atoms with Crippen LogP contribution >= 0.6 is 0 Å². The summed E-state index contributed by atoms with van der Waals surface area (Å²) in [6, 6.07) is 20.0. The van der Waals surface area contributed by atoms with Crippen LogP contribution in [0.3, 0.4) is 0 Å². The maximum absolute atomic E-state index is 13.6. The monoisotopic (exact) mass is 818 g/mol. The fraction of sp³-hybridized carbons (Fsp3) is 0.488. The molecule has 0 radical (unpaired) electrons. The predicted molar refractivity (Wildman–Crippen MR) is 219 cm³/mol. The van der Waals surface area contributed by atoms with Crippen molar-refractivity contribution in [2.24, 2.45) is 0 Å². The first-order valence-corrected chi connectivity index (χ1v) is 20.3. The number of hydrogen-bond acceptors (Lipinski definition) is 14. The van der Waals surface area contributed by atoms with Crippen molar-refractivity contribution in [2.75, 3.05) is 70.7 Å². The van der Waals surface area contributed by atoms with Gasteiger partial charge in [-0.3, -0.25) is 0 Å². The molecular weight excluding hydrogens is 762 g/mol. The zero-order valence-electron chi connectivity index (χ0n) is 34.1. The summed E-state index contributed by atoms with van der Waals surface area (Å²) in [5.74, 6) is 0.283. The van der Waals surface area contributed by atoms with Gasteiger partial charge in [-0.25, -0.2) is 14.1 Å². The molecule has 59 heavy (non-hydrogen) atoms. The SMILES string of the molecule is CCN(CC)c1ccc2c(-c3ccccc3C(=O)OCCOCCOCCn3cc(CO[C@H]4O[C@H](CO)[C@H](O)[C@H](O)[C@H]4O)nn3)c3ccc(=[N+](CC)CC)cc-3oc2c1. The number of rotatable bonds is 20. The molecule has 0 spiro atoms. The van der Waals surface area contributed by atoms with Gasteiger partial charge in [0, 0.05) is 47.4 Å². The molecule has 4 N–H and O–H groups in total. The smallest absolute Gasteiger partial charge is 0.338 e. The first-order valence-electron chi connectivity index (χ1n) is 20.3. The number of anilines is 1. The topological polar surface area (TPSA) is 194 Å². The number of fused-ring (bicyclic) bond motifs is 2. The van der Waals surface area contributed by atoms with Gasteiger partial charge in [-0.2, -0.15) is 0 Å². The van der Waals surface area contributed by atoms with Crippen molar-refractivity contribution >= 4 is 22.6 Å². The van der Waals surface area contributed by atoms with E-state index in [0.29, 0.717) is 37.6 Å². The van der Waals surface area contributed by atoms with Crippen molar-refractivity contribution in [3.8, 4) is 22.5 Å². The predicted octanol–water partition coefficient (Wildman–Crippen LogP) is 2.66. The third-order valence-corrected chi connectivity index (χ3v) is 10.5. The van der Waals surface area contributed by atoms with Crippen LogP contribution < -0.4 is 14.8 Å². The van der Waals surface area contributed by atoms with Crippen molar-refractivity contribution in [1.29, 1.82) is 0 Å². The number of benzene rings is 3. The van der Waals surface area contributed by atoms with Crippen LogP contribution in [0.15, 0.2) is 71.3 Å². The maximum Gasteiger partial charge on any atom is 0.338 e. The number of carbonyl (C=O) groups excluding carboxylic acids is 1. The molecule has 5 atom stereocenters. The van der Waals surface area contributed by atoms with Crippen LogP contribution in [0.25, 0.3) is 33.4 Å². The van der Waals surface area contributed by atoms with E-state index in [1.165, 1.54) is 0 Å². The highest BCUT2D eigenvalue weighted by atomic mass is 16.7. The lowest BCUT2D eigenvalue weighted by Crippen LogP contribution is -2.59. The number of ether oxygens (including phenoxy) is 5. The maximum atomic E-state index is 13.6. The van der Waals surface area contributed by atoms with Gasteiger partial charge in [0.05, 0.1) is 64.0 Å². The van der Waals surface area contributed by atoms with Gasteiger partial charge in [0.25, 0.3) is 0 Å². The summed E-state index contributed by atoms with van der Waals surface area (Å²) in [5, 5.41) is 49.4. The lowest BCUT2D eigenvalue weighted by atomic mass is 9.90. The highest BCUT2D eigenvalue weighted by molar-refractivity contribution is 6.08. The van der Waals surface area contributed by atoms with E-state index in [0.717, 1.165) is 70.6 Å². The van der Waals surface area contributed by atoms with Crippen LogP contribution in [0.5, 0.6) is 0 Å². The van der Waals surface area contributed by atoms with Gasteiger partial charge in [0.15, 0.2) is 6.29 Å². The van der Waals surface area contributed by atoms with E-state index in [1.54, 1.807) is 16.9 Å². The average Bonchev–Trinajstić information content (AvgIpc) is 3.72. The Morgan fingerprint density at radius 3 is 2.36 bits per heavy atom. The molecule has 2 aliphatic heterocycles. The van der Waals surface area contributed by atoms with Crippen LogP contribution in [-0.4, -0.2) is 138 Å². The Balaban J connectivity index is 1.01. The number of carbonyl (C=O) groups is 1. The second-order valence-electron chi connectivity index (χ2n) is 14.1. The Labute approximate surface area is 343 Å². The van der Waals surface area contributed by atoms with Gasteiger partial charge in [0.2, 0.25) is 5.36 Å². The molecule has 0 unspecified atom stereocenters. The summed E-state index contributed by atoms with van der Waals surface area (Å²) in [6.07, 6.45) is -5.18. The number of hydrogen-bond donors (Lipinski definition) is 4. The fourth-order valence-electron chi connectivity index (χ4n) is 7.25. The molecule has 6 rings (SSSR count). The highest BCUT2D eigenvalue weighted by Crippen LogP contribution is 2.42. The molecule has 2 aromatic carbocycles.